The lowest BCUT2D eigenvalue weighted by atomic mass is 9.36. The molecule has 0 bridgehead atoms. The summed E-state index contributed by atoms with van der Waals surface area (Å²) in [5.41, 5.74) is 22.1. The first-order valence-electron chi connectivity index (χ1n) is 34.1. The van der Waals surface area contributed by atoms with Gasteiger partial charge >= 0.3 is 0 Å². The van der Waals surface area contributed by atoms with Gasteiger partial charge in [-0.1, -0.05) is 261 Å². The fraction of sp³-hybridized carbons (Fsp3) is 0.227. The van der Waals surface area contributed by atoms with Gasteiger partial charge in [-0.25, -0.2) is 4.39 Å². The van der Waals surface area contributed by atoms with Gasteiger partial charge in [0, 0.05) is 65.3 Å². The number of benzene rings is 11. The van der Waals surface area contributed by atoms with E-state index in [1.165, 1.54) is 69.7 Å². The number of fused-ring (bicyclic) bond motifs is 9. The molecule has 478 valence electrons. The first-order chi connectivity index (χ1) is 45.7. The number of thiophene rings is 1. The van der Waals surface area contributed by atoms with Crippen molar-refractivity contribution >= 4 is 135 Å². The number of nitrogens with zero attached hydrogens (tertiary/aromatic N) is 3. The second-order valence-corrected chi connectivity index (χ2v) is 38.7. The number of halogens is 1. The minimum absolute atomic E-state index is 0.0622. The highest BCUT2D eigenvalue weighted by atomic mass is 32.1. The smallest absolute Gasteiger partial charge is 0.264 e. The Morgan fingerprint density at radius 3 is 1.65 bits per heavy atom. The Bertz CT molecular complexity index is 5150. The molecule has 4 nitrogen and oxygen atoms in total. The molecule has 2 aromatic heterocycles. The summed E-state index contributed by atoms with van der Waals surface area (Å²) in [6.07, 6.45) is 0. The number of hydrogen-bond acceptors (Lipinski definition) is 5. The minimum atomic E-state index is -3.16. The maximum absolute atomic E-state index is 15.7. The molecule has 96 heavy (non-hydrogen) atoms. The van der Waals surface area contributed by atoms with Gasteiger partial charge in [0.2, 0.25) is 0 Å². The summed E-state index contributed by atoms with van der Waals surface area (Å²) >= 11 is 1.94. The maximum atomic E-state index is 15.7. The van der Waals surface area contributed by atoms with E-state index in [1.807, 2.05) is 11.3 Å². The number of furan rings is 1. The largest absolute Gasteiger partial charge is 0.454 e. The van der Waals surface area contributed by atoms with E-state index in [9.17, 15) is 0 Å². The quantitative estimate of drug-likeness (QED) is 0.134. The van der Waals surface area contributed by atoms with Crippen LogP contribution >= 0.6 is 11.3 Å². The average Bonchev–Trinajstić information content (AvgIpc) is 1.15. The Kier molecular flexibility index (Phi) is 14.9. The lowest BCUT2D eigenvalue weighted by molar-refractivity contribution is 0.590. The topological polar surface area (TPSA) is 22.9 Å². The molecule has 0 N–H and O–H groups in total. The van der Waals surface area contributed by atoms with Crippen molar-refractivity contribution in [3.63, 3.8) is 0 Å². The molecule has 0 aliphatic carbocycles. The van der Waals surface area contributed by atoms with E-state index in [-0.39, 0.29) is 38.9 Å². The zero-order valence-electron chi connectivity index (χ0n) is 58.2. The van der Waals surface area contributed by atoms with Gasteiger partial charge in [-0.15, -0.1) is 11.3 Å². The number of para-hydroxylation sites is 3. The molecule has 15 rings (SSSR count). The zero-order valence-corrected chi connectivity index (χ0v) is 60.0. The molecule has 13 aromatic rings. The molecular formula is C88H85BFN3OSSi. The Hall–Kier alpha value is -9.21. The van der Waals surface area contributed by atoms with Crippen LogP contribution in [-0.2, 0) is 16.2 Å². The number of rotatable bonds is 9. The van der Waals surface area contributed by atoms with E-state index in [1.54, 1.807) is 12.1 Å². The van der Waals surface area contributed by atoms with Crippen LogP contribution in [0.4, 0.5) is 55.6 Å². The molecule has 0 radical (unpaired) electrons. The second kappa shape index (κ2) is 22.7. The normalized spacial score (nSPS) is 13.6. The van der Waals surface area contributed by atoms with Crippen LogP contribution in [-0.4, -0.2) is 14.8 Å². The van der Waals surface area contributed by atoms with E-state index in [0.29, 0.717) is 0 Å². The Morgan fingerprint density at radius 2 is 0.990 bits per heavy atom. The van der Waals surface area contributed by atoms with Crippen LogP contribution in [0.25, 0.3) is 54.3 Å². The van der Waals surface area contributed by atoms with E-state index in [2.05, 4.69) is 349 Å². The highest BCUT2D eigenvalue weighted by molar-refractivity contribution is 7.33. The number of hydrogen-bond donors (Lipinski definition) is 0. The molecule has 0 spiro atoms. The van der Waals surface area contributed by atoms with Crippen LogP contribution in [0.1, 0.15) is 121 Å². The van der Waals surface area contributed by atoms with Gasteiger partial charge in [0.1, 0.15) is 19.5 Å². The molecule has 0 unspecified atom stereocenters. The lowest BCUT2D eigenvalue weighted by Gasteiger charge is -2.54. The third-order valence-corrected chi connectivity index (χ3v) is 28.9. The molecule has 2 aliphatic rings. The summed E-state index contributed by atoms with van der Waals surface area (Å²) < 4.78 is 25.5. The van der Waals surface area contributed by atoms with Crippen LogP contribution in [0, 0.1) is 5.82 Å². The maximum Gasteiger partial charge on any atom is 0.264 e. The summed E-state index contributed by atoms with van der Waals surface area (Å²) in [7, 11) is -3.16. The third kappa shape index (κ3) is 10.2. The van der Waals surface area contributed by atoms with Gasteiger partial charge in [0.15, 0.2) is 5.58 Å². The average molecular weight is 1290 g/mol. The first kappa shape index (κ1) is 62.9. The predicted molar refractivity (Wildman–Crippen MR) is 416 cm³/mol. The van der Waals surface area contributed by atoms with E-state index < -0.39 is 8.07 Å². The van der Waals surface area contributed by atoms with Crippen molar-refractivity contribution in [3.8, 4) is 22.3 Å². The van der Waals surface area contributed by atoms with Crippen molar-refractivity contribution in [1.29, 1.82) is 0 Å². The zero-order chi connectivity index (χ0) is 67.2. The van der Waals surface area contributed by atoms with Crippen molar-refractivity contribution in [3.05, 3.63) is 265 Å². The fourth-order valence-electron chi connectivity index (χ4n) is 16.6. The minimum Gasteiger partial charge on any atom is -0.454 e. The van der Waals surface area contributed by atoms with Crippen LogP contribution in [0.3, 0.4) is 0 Å². The molecular weight excluding hydrogens is 1200 g/mol. The Morgan fingerprint density at radius 1 is 0.427 bits per heavy atom. The van der Waals surface area contributed by atoms with Crippen molar-refractivity contribution < 1.29 is 8.81 Å². The van der Waals surface area contributed by atoms with Gasteiger partial charge < -0.3 is 19.1 Å². The summed E-state index contributed by atoms with van der Waals surface area (Å²) in [5.74, 6) is -0.232. The van der Waals surface area contributed by atoms with Crippen LogP contribution in [0.2, 0.25) is 10.1 Å². The summed E-state index contributed by atoms with van der Waals surface area (Å²) in [6.45, 7) is 35.2. The molecule has 2 aliphatic heterocycles. The molecule has 8 heteroatoms. The van der Waals surface area contributed by atoms with E-state index in [4.69, 9.17) is 4.42 Å². The Balaban J connectivity index is 1.11. The van der Waals surface area contributed by atoms with Crippen molar-refractivity contribution in [2.75, 3.05) is 14.7 Å². The van der Waals surface area contributed by atoms with Crippen molar-refractivity contribution in [2.24, 2.45) is 0 Å². The van der Waals surface area contributed by atoms with E-state index >= 15 is 4.39 Å². The lowest BCUT2D eigenvalue weighted by Crippen LogP contribution is -2.70. The van der Waals surface area contributed by atoms with Gasteiger partial charge in [-0.3, -0.25) is 0 Å². The molecule has 0 amide bonds. The standard InChI is InChI=1S/C88H85BFN3OSSi/c1-84(2,3)57-36-43-61(44-37-57)91(73-33-23-21-30-68(73)67-29-20-19-28-66(67)56-26-17-16-18-27-56)63-47-50-72-75(53-63)93(74-34-25-32-70-69-31-22-24-35-78(69)94-82(70)74)77-55-65(96(87(10,11)12,88(13,14)15)64-48-41-60(90)42-49-64)54-76-80(77)89(72)83-81(71-52-59(86(7,8)9)40-51-79(71)95-83)92(76)62-45-38-58(39-46-62)85(4,5)6/h16-55H,1-15H3. The molecule has 4 heterocycles. The molecule has 0 saturated heterocycles. The second-order valence-electron chi connectivity index (χ2n) is 31.9. The van der Waals surface area contributed by atoms with E-state index in [0.717, 1.165) is 78.6 Å². The summed E-state index contributed by atoms with van der Waals surface area (Å²) in [6, 6.07) is 89.9. The predicted octanol–water partition coefficient (Wildman–Crippen LogP) is 22.9. The Labute approximate surface area is 572 Å². The van der Waals surface area contributed by atoms with Gasteiger partial charge in [-0.05, 0) is 167 Å². The fourth-order valence-corrected chi connectivity index (χ4v) is 25.3. The highest BCUT2D eigenvalue weighted by Crippen LogP contribution is 2.56. The molecule has 0 saturated carbocycles. The van der Waals surface area contributed by atoms with Gasteiger partial charge in [0.05, 0.1) is 17.1 Å². The van der Waals surface area contributed by atoms with Crippen LogP contribution in [0.5, 0.6) is 0 Å². The molecule has 0 fully saturated rings. The molecule has 11 aromatic carbocycles. The van der Waals surface area contributed by atoms with Gasteiger partial charge in [-0.2, -0.15) is 0 Å². The molecule has 0 atom stereocenters. The summed E-state index contributed by atoms with van der Waals surface area (Å²) in [5, 5.41) is 5.27. The van der Waals surface area contributed by atoms with Crippen molar-refractivity contribution in [2.45, 2.75) is 130 Å². The SMILES string of the molecule is CC(C)(C)c1ccc(N(c2ccc3c(c2)N(c2cccc4c2oc2ccccc24)c2cc([Si](c4ccc(F)cc4)(C(C)(C)C)C(C)(C)C)cc4c2B3c2sc3ccc(C(C)(C)C)cc3c2N4c2ccc(C(C)(C)C)cc2)c2ccccc2-c2ccccc2-c2ccccc2)cc1. The third-order valence-electron chi connectivity index (χ3n) is 20.8. The monoisotopic (exact) mass is 1290 g/mol. The highest BCUT2D eigenvalue weighted by Gasteiger charge is 2.57. The number of anilines is 9. The van der Waals surface area contributed by atoms with Crippen molar-refractivity contribution in [1.82, 2.24) is 0 Å². The van der Waals surface area contributed by atoms with Gasteiger partial charge in [0.25, 0.3) is 6.71 Å². The first-order valence-corrected chi connectivity index (χ1v) is 36.9. The van der Waals surface area contributed by atoms with Crippen LogP contribution in [0.15, 0.2) is 247 Å². The summed E-state index contributed by atoms with van der Waals surface area (Å²) in [4.78, 5) is 7.73. The van der Waals surface area contributed by atoms with Crippen LogP contribution < -0.4 is 40.8 Å².